The van der Waals surface area contributed by atoms with Crippen LogP contribution in [0.3, 0.4) is 0 Å². The van der Waals surface area contributed by atoms with E-state index in [1.165, 1.54) is 0 Å². The van der Waals surface area contributed by atoms with Gasteiger partial charge < -0.3 is 15.2 Å². The first-order chi connectivity index (χ1) is 8.60. The molecule has 5 heteroatoms. The third kappa shape index (κ3) is 4.29. The van der Waals surface area contributed by atoms with Crippen molar-refractivity contribution in [1.82, 2.24) is 5.32 Å². The Balaban J connectivity index is 2.41. The highest BCUT2D eigenvalue weighted by Crippen LogP contribution is 2.28. The topological polar surface area (TPSA) is 75.6 Å². The molecule has 1 saturated carbocycles. The number of aliphatic carboxylic acids is 1. The van der Waals surface area contributed by atoms with Crippen LogP contribution in [0.15, 0.2) is 0 Å². The Morgan fingerprint density at radius 1 is 1.28 bits per heavy atom. The number of carbonyl (C=O) groups excluding carboxylic acids is 1. The van der Waals surface area contributed by atoms with E-state index in [-0.39, 0.29) is 5.91 Å². The molecule has 1 aliphatic rings. The van der Waals surface area contributed by atoms with Gasteiger partial charge in [0.05, 0.1) is 0 Å². The average Bonchev–Trinajstić information content (AvgIpc) is 2.35. The third-order valence-corrected chi connectivity index (χ3v) is 3.39. The summed E-state index contributed by atoms with van der Waals surface area (Å²) in [5.41, 5.74) is -1.03. The maximum absolute atomic E-state index is 11.8. The van der Waals surface area contributed by atoms with Gasteiger partial charge in [0.1, 0.15) is 5.54 Å². The second-order valence-electron chi connectivity index (χ2n) is 4.80. The number of carbonyl (C=O) groups is 2. The van der Waals surface area contributed by atoms with Crippen LogP contribution in [0.5, 0.6) is 0 Å². The highest BCUT2D eigenvalue weighted by molar-refractivity contribution is 5.87. The number of rotatable bonds is 7. The maximum atomic E-state index is 11.8. The van der Waals surface area contributed by atoms with Gasteiger partial charge >= 0.3 is 5.97 Å². The van der Waals surface area contributed by atoms with E-state index in [0.717, 1.165) is 19.3 Å². The highest BCUT2D eigenvalue weighted by Gasteiger charge is 2.40. The predicted molar refractivity (Wildman–Crippen MR) is 67.3 cm³/mol. The molecule has 2 N–H and O–H groups in total. The van der Waals surface area contributed by atoms with Crippen LogP contribution in [-0.2, 0) is 14.3 Å². The van der Waals surface area contributed by atoms with E-state index < -0.39 is 11.5 Å². The number of hydrogen-bond donors (Lipinski definition) is 2. The van der Waals surface area contributed by atoms with Crippen LogP contribution in [0, 0.1) is 0 Å². The molecule has 5 nitrogen and oxygen atoms in total. The highest BCUT2D eigenvalue weighted by atomic mass is 16.5. The van der Waals surface area contributed by atoms with Gasteiger partial charge in [-0.3, -0.25) is 4.79 Å². The number of hydrogen-bond acceptors (Lipinski definition) is 3. The molecule has 0 saturated heterocycles. The summed E-state index contributed by atoms with van der Waals surface area (Å²) in [5, 5.41) is 12.0. The average molecular weight is 257 g/mol. The van der Waals surface area contributed by atoms with Crippen molar-refractivity contribution >= 4 is 11.9 Å². The molecule has 0 atom stereocenters. The summed E-state index contributed by atoms with van der Waals surface area (Å²) in [6, 6.07) is 0. The van der Waals surface area contributed by atoms with Crippen molar-refractivity contribution < 1.29 is 19.4 Å². The number of nitrogens with one attached hydrogen (secondary N) is 1. The van der Waals surface area contributed by atoms with Crippen LogP contribution in [-0.4, -0.2) is 35.7 Å². The van der Waals surface area contributed by atoms with Crippen molar-refractivity contribution in [3.8, 4) is 0 Å². The van der Waals surface area contributed by atoms with Gasteiger partial charge in [-0.05, 0) is 26.2 Å². The Morgan fingerprint density at radius 3 is 2.50 bits per heavy atom. The number of carboxylic acids is 1. The quantitative estimate of drug-likeness (QED) is 0.681. The Labute approximate surface area is 108 Å². The summed E-state index contributed by atoms with van der Waals surface area (Å²) in [6.45, 7) is 3.09. The van der Waals surface area contributed by atoms with Gasteiger partial charge in [-0.2, -0.15) is 0 Å². The number of carboxylic acid groups (broad SMARTS) is 1. The zero-order valence-electron chi connectivity index (χ0n) is 11.0. The molecule has 0 aliphatic heterocycles. The van der Waals surface area contributed by atoms with E-state index in [4.69, 9.17) is 4.74 Å². The van der Waals surface area contributed by atoms with E-state index >= 15 is 0 Å². The third-order valence-electron chi connectivity index (χ3n) is 3.39. The summed E-state index contributed by atoms with van der Waals surface area (Å²) in [5.74, 6) is -1.08. The van der Waals surface area contributed by atoms with Gasteiger partial charge in [-0.25, -0.2) is 4.79 Å². The molecule has 0 unspecified atom stereocenters. The second-order valence-corrected chi connectivity index (χ2v) is 4.80. The molecule has 0 aromatic rings. The second kappa shape index (κ2) is 7.36. The van der Waals surface area contributed by atoms with Crippen molar-refractivity contribution in [1.29, 1.82) is 0 Å². The summed E-state index contributed by atoms with van der Waals surface area (Å²) in [4.78, 5) is 23.1. The fourth-order valence-electron chi connectivity index (χ4n) is 2.36. The molecular formula is C13H23NO4. The van der Waals surface area contributed by atoms with Gasteiger partial charge in [0, 0.05) is 19.6 Å². The van der Waals surface area contributed by atoms with Crippen LogP contribution in [0.4, 0.5) is 0 Å². The van der Waals surface area contributed by atoms with Crippen molar-refractivity contribution in [3.63, 3.8) is 0 Å². The molecule has 0 radical (unpaired) electrons. The Kier molecular flexibility index (Phi) is 6.12. The fraction of sp³-hybridized carbons (Fsp3) is 0.846. The van der Waals surface area contributed by atoms with Crippen molar-refractivity contribution in [2.24, 2.45) is 0 Å². The molecular weight excluding hydrogens is 234 g/mol. The molecule has 0 aromatic heterocycles. The summed E-state index contributed by atoms with van der Waals surface area (Å²) in [6.07, 6.45) is 4.83. The van der Waals surface area contributed by atoms with Crippen LogP contribution < -0.4 is 5.32 Å². The maximum Gasteiger partial charge on any atom is 0.329 e. The first-order valence-corrected chi connectivity index (χ1v) is 6.73. The molecule has 0 heterocycles. The molecule has 0 bridgehead atoms. The smallest absolute Gasteiger partial charge is 0.329 e. The van der Waals surface area contributed by atoms with E-state index in [1.54, 1.807) is 0 Å². The van der Waals surface area contributed by atoms with Crippen LogP contribution in [0.25, 0.3) is 0 Å². The lowest BCUT2D eigenvalue weighted by Crippen LogP contribution is -2.55. The van der Waals surface area contributed by atoms with Crippen molar-refractivity contribution in [2.45, 2.75) is 57.4 Å². The molecule has 0 aromatic carbocycles. The van der Waals surface area contributed by atoms with E-state index in [2.05, 4.69) is 5.32 Å². The van der Waals surface area contributed by atoms with Gasteiger partial charge in [-0.15, -0.1) is 0 Å². The van der Waals surface area contributed by atoms with E-state index in [9.17, 15) is 14.7 Å². The first-order valence-electron chi connectivity index (χ1n) is 6.73. The largest absolute Gasteiger partial charge is 0.480 e. The molecule has 1 fully saturated rings. The van der Waals surface area contributed by atoms with Crippen LogP contribution in [0.1, 0.15) is 51.9 Å². The van der Waals surface area contributed by atoms with E-state index in [0.29, 0.717) is 38.9 Å². The number of amides is 1. The normalized spacial score (nSPS) is 18.3. The minimum Gasteiger partial charge on any atom is -0.480 e. The Hall–Kier alpha value is -1.10. The number of ether oxygens (including phenoxy) is 1. The minimum absolute atomic E-state index is 0.181. The molecule has 104 valence electrons. The standard InChI is InChI=1S/C13H23NO4/c1-2-18-10-6-7-11(15)14-13(12(16)17)8-4-3-5-9-13/h2-10H2,1H3,(H,14,15)(H,16,17). The molecule has 0 spiro atoms. The lowest BCUT2D eigenvalue weighted by Gasteiger charge is -2.34. The first kappa shape index (κ1) is 15.0. The summed E-state index contributed by atoms with van der Waals surface area (Å²) < 4.78 is 5.15. The van der Waals surface area contributed by atoms with Gasteiger partial charge in [0.25, 0.3) is 0 Å². The van der Waals surface area contributed by atoms with Crippen molar-refractivity contribution in [2.75, 3.05) is 13.2 Å². The summed E-state index contributed by atoms with van der Waals surface area (Å²) >= 11 is 0. The lowest BCUT2D eigenvalue weighted by molar-refractivity contribution is -0.149. The van der Waals surface area contributed by atoms with Gasteiger partial charge in [-0.1, -0.05) is 19.3 Å². The zero-order valence-corrected chi connectivity index (χ0v) is 11.0. The molecule has 1 amide bonds. The minimum atomic E-state index is -1.03. The molecule has 1 rings (SSSR count). The summed E-state index contributed by atoms with van der Waals surface area (Å²) in [7, 11) is 0. The van der Waals surface area contributed by atoms with E-state index in [1.807, 2.05) is 6.92 Å². The molecule has 1 aliphatic carbocycles. The van der Waals surface area contributed by atoms with Crippen LogP contribution in [0.2, 0.25) is 0 Å². The molecule has 18 heavy (non-hydrogen) atoms. The monoisotopic (exact) mass is 257 g/mol. The Bertz CT molecular complexity index is 285. The van der Waals surface area contributed by atoms with Crippen molar-refractivity contribution in [3.05, 3.63) is 0 Å². The van der Waals surface area contributed by atoms with Gasteiger partial charge in [0.15, 0.2) is 0 Å². The van der Waals surface area contributed by atoms with Gasteiger partial charge in [0.2, 0.25) is 5.91 Å². The predicted octanol–water partition coefficient (Wildman–Crippen LogP) is 1.71. The fourth-order valence-corrected chi connectivity index (χ4v) is 2.36. The van der Waals surface area contributed by atoms with Crippen LogP contribution >= 0.6 is 0 Å². The zero-order chi connectivity index (χ0) is 13.4. The SMILES string of the molecule is CCOCCCC(=O)NC1(C(=O)O)CCCCC1. The Morgan fingerprint density at radius 2 is 1.94 bits per heavy atom. The lowest BCUT2D eigenvalue weighted by atomic mass is 9.81.